The normalized spacial score (nSPS) is 16.1. The van der Waals surface area contributed by atoms with Gasteiger partial charge in [0, 0.05) is 11.1 Å². The van der Waals surface area contributed by atoms with Crippen LogP contribution in [0.4, 0.5) is 0 Å². The van der Waals surface area contributed by atoms with E-state index in [0.717, 1.165) is 31.5 Å². The van der Waals surface area contributed by atoms with Crippen LogP contribution < -0.4 is 15.4 Å². The predicted molar refractivity (Wildman–Crippen MR) is 75.7 cm³/mol. The summed E-state index contributed by atoms with van der Waals surface area (Å²) in [7, 11) is 0. The summed E-state index contributed by atoms with van der Waals surface area (Å²) in [4.78, 5) is 11.8. The van der Waals surface area contributed by atoms with Gasteiger partial charge in [-0.1, -0.05) is 11.6 Å². The summed E-state index contributed by atoms with van der Waals surface area (Å²) < 4.78 is 5.46. The molecule has 5 heteroatoms. The summed E-state index contributed by atoms with van der Waals surface area (Å²) in [6.45, 7) is 3.87. The van der Waals surface area contributed by atoms with Crippen molar-refractivity contribution < 1.29 is 9.53 Å². The summed E-state index contributed by atoms with van der Waals surface area (Å²) >= 11 is 5.93. The molecule has 104 valence electrons. The third-order valence-electron chi connectivity index (χ3n) is 3.20. The SMILES string of the molecule is Cc1cc(OCC(=O)NC2CCNCC2)ccc1Cl. The Morgan fingerprint density at radius 3 is 2.89 bits per heavy atom. The predicted octanol–water partition coefficient (Wildman–Crippen LogP) is 1.90. The lowest BCUT2D eigenvalue weighted by molar-refractivity contribution is -0.123. The van der Waals surface area contributed by atoms with E-state index in [4.69, 9.17) is 16.3 Å². The topological polar surface area (TPSA) is 50.4 Å². The zero-order valence-corrected chi connectivity index (χ0v) is 11.8. The first-order chi connectivity index (χ1) is 9.15. The Morgan fingerprint density at radius 1 is 1.47 bits per heavy atom. The van der Waals surface area contributed by atoms with Gasteiger partial charge in [0.2, 0.25) is 0 Å². The Labute approximate surface area is 118 Å². The standard InChI is InChI=1S/C14H19ClN2O2/c1-10-8-12(2-3-13(10)15)19-9-14(18)17-11-4-6-16-7-5-11/h2-3,8,11,16H,4-7,9H2,1H3,(H,17,18). The maximum Gasteiger partial charge on any atom is 0.258 e. The number of aryl methyl sites for hydroxylation is 1. The Kier molecular flexibility index (Phi) is 5.05. The molecule has 1 aromatic carbocycles. The number of piperidine rings is 1. The fourth-order valence-corrected chi connectivity index (χ4v) is 2.21. The van der Waals surface area contributed by atoms with Crippen molar-refractivity contribution in [2.24, 2.45) is 0 Å². The van der Waals surface area contributed by atoms with Crippen LogP contribution in [-0.4, -0.2) is 31.6 Å². The van der Waals surface area contributed by atoms with Crippen LogP contribution in [0.5, 0.6) is 5.75 Å². The molecule has 1 aliphatic heterocycles. The van der Waals surface area contributed by atoms with Crippen molar-refractivity contribution in [2.75, 3.05) is 19.7 Å². The summed E-state index contributed by atoms with van der Waals surface area (Å²) in [6.07, 6.45) is 1.96. The van der Waals surface area contributed by atoms with E-state index in [1.165, 1.54) is 0 Å². The lowest BCUT2D eigenvalue weighted by Gasteiger charge is -2.23. The van der Waals surface area contributed by atoms with Gasteiger partial charge < -0.3 is 15.4 Å². The van der Waals surface area contributed by atoms with Gasteiger partial charge >= 0.3 is 0 Å². The van der Waals surface area contributed by atoms with Gasteiger partial charge in [0.1, 0.15) is 5.75 Å². The molecule has 0 unspecified atom stereocenters. The molecule has 19 heavy (non-hydrogen) atoms. The second-order valence-electron chi connectivity index (χ2n) is 4.79. The maximum atomic E-state index is 11.8. The van der Waals surface area contributed by atoms with Crippen LogP contribution >= 0.6 is 11.6 Å². The number of carbonyl (C=O) groups excluding carboxylic acids is 1. The number of hydrogen-bond donors (Lipinski definition) is 2. The quantitative estimate of drug-likeness (QED) is 0.887. The number of hydrogen-bond acceptors (Lipinski definition) is 3. The van der Waals surface area contributed by atoms with E-state index in [1.54, 1.807) is 12.1 Å². The molecular formula is C14H19ClN2O2. The van der Waals surface area contributed by atoms with Gasteiger partial charge in [-0.3, -0.25) is 4.79 Å². The van der Waals surface area contributed by atoms with Crippen LogP contribution in [0.25, 0.3) is 0 Å². The lowest BCUT2D eigenvalue weighted by Crippen LogP contribution is -2.44. The highest BCUT2D eigenvalue weighted by Gasteiger charge is 2.15. The highest BCUT2D eigenvalue weighted by Crippen LogP contribution is 2.20. The zero-order valence-electron chi connectivity index (χ0n) is 11.0. The molecule has 1 aliphatic rings. The fraction of sp³-hybridized carbons (Fsp3) is 0.500. The molecule has 1 saturated heterocycles. The minimum atomic E-state index is -0.0699. The molecule has 1 aromatic rings. The lowest BCUT2D eigenvalue weighted by atomic mass is 10.1. The highest BCUT2D eigenvalue weighted by atomic mass is 35.5. The van der Waals surface area contributed by atoms with Gasteiger partial charge in [0.25, 0.3) is 5.91 Å². The van der Waals surface area contributed by atoms with E-state index in [-0.39, 0.29) is 18.6 Å². The molecule has 0 bridgehead atoms. The Balaban J connectivity index is 1.77. The second kappa shape index (κ2) is 6.78. The van der Waals surface area contributed by atoms with Crippen LogP contribution in [0, 0.1) is 6.92 Å². The molecule has 1 fully saturated rings. The smallest absolute Gasteiger partial charge is 0.258 e. The third-order valence-corrected chi connectivity index (χ3v) is 3.63. The van der Waals surface area contributed by atoms with E-state index in [2.05, 4.69) is 10.6 Å². The van der Waals surface area contributed by atoms with E-state index in [1.807, 2.05) is 13.0 Å². The molecule has 4 nitrogen and oxygen atoms in total. The van der Waals surface area contributed by atoms with Crippen molar-refractivity contribution in [1.82, 2.24) is 10.6 Å². The zero-order chi connectivity index (χ0) is 13.7. The molecule has 0 radical (unpaired) electrons. The monoisotopic (exact) mass is 282 g/mol. The number of rotatable bonds is 4. The first-order valence-electron chi connectivity index (χ1n) is 6.54. The summed E-state index contributed by atoms with van der Waals surface area (Å²) in [5.74, 6) is 0.599. The van der Waals surface area contributed by atoms with Crippen molar-refractivity contribution in [3.05, 3.63) is 28.8 Å². The van der Waals surface area contributed by atoms with Crippen LogP contribution in [0.2, 0.25) is 5.02 Å². The van der Waals surface area contributed by atoms with Crippen LogP contribution in [0.3, 0.4) is 0 Å². The van der Waals surface area contributed by atoms with E-state index >= 15 is 0 Å². The van der Waals surface area contributed by atoms with Crippen molar-refractivity contribution in [3.8, 4) is 5.75 Å². The van der Waals surface area contributed by atoms with E-state index < -0.39 is 0 Å². The Morgan fingerprint density at radius 2 is 2.21 bits per heavy atom. The van der Waals surface area contributed by atoms with Gasteiger partial charge in [-0.05, 0) is 56.6 Å². The second-order valence-corrected chi connectivity index (χ2v) is 5.20. The summed E-state index contributed by atoms with van der Waals surface area (Å²) in [5.41, 5.74) is 0.943. The molecule has 0 saturated carbocycles. The van der Waals surface area contributed by atoms with Crippen molar-refractivity contribution >= 4 is 17.5 Å². The van der Waals surface area contributed by atoms with Crippen LogP contribution in [0.15, 0.2) is 18.2 Å². The van der Waals surface area contributed by atoms with Crippen molar-refractivity contribution in [1.29, 1.82) is 0 Å². The summed E-state index contributed by atoms with van der Waals surface area (Å²) in [5, 5.41) is 6.95. The molecule has 0 aromatic heterocycles. The van der Waals surface area contributed by atoms with Crippen molar-refractivity contribution in [3.63, 3.8) is 0 Å². The number of ether oxygens (including phenoxy) is 1. The summed E-state index contributed by atoms with van der Waals surface area (Å²) in [6, 6.07) is 5.65. The van der Waals surface area contributed by atoms with E-state index in [9.17, 15) is 4.79 Å². The minimum absolute atomic E-state index is 0.0466. The Bertz CT molecular complexity index is 445. The molecular weight excluding hydrogens is 264 g/mol. The first kappa shape index (κ1) is 14.2. The molecule has 2 rings (SSSR count). The third kappa shape index (κ3) is 4.40. The average molecular weight is 283 g/mol. The molecule has 1 amide bonds. The van der Waals surface area contributed by atoms with Crippen LogP contribution in [-0.2, 0) is 4.79 Å². The van der Waals surface area contributed by atoms with Crippen molar-refractivity contribution in [2.45, 2.75) is 25.8 Å². The number of benzene rings is 1. The molecule has 0 aliphatic carbocycles. The average Bonchev–Trinajstić information content (AvgIpc) is 2.41. The van der Waals surface area contributed by atoms with Gasteiger partial charge in [-0.25, -0.2) is 0 Å². The van der Waals surface area contributed by atoms with Gasteiger partial charge in [0.15, 0.2) is 6.61 Å². The molecule has 0 atom stereocenters. The molecule has 1 heterocycles. The first-order valence-corrected chi connectivity index (χ1v) is 6.92. The number of nitrogens with one attached hydrogen (secondary N) is 2. The maximum absolute atomic E-state index is 11.8. The number of amides is 1. The molecule has 0 spiro atoms. The largest absolute Gasteiger partial charge is 0.484 e. The van der Waals surface area contributed by atoms with Crippen LogP contribution in [0.1, 0.15) is 18.4 Å². The van der Waals surface area contributed by atoms with Gasteiger partial charge in [0.05, 0.1) is 0 Å². The van der Waals surface area contributed by atoms with Gasteiger partial charge in [-0.15, -0.1) is 0 Å². The fourth-order valence-electron chi connectivity index (χ4n) is 2.09. The van der Waals surface area contributed by atoms with E-state index in [0.29, 0.717) is 10.8 Å². The highest BCUT2D eigenvalue weighted by molar-refractivity contribution is 6.31. The minimum Gasteiger partial charge on any atom is -0.484 e. The van der Waals surface area contributed by atoms with Gasteiger partial charge in [-0.2, -0.15) is 0 Å². The molecule has 2 N–H and O–H groups in total. The Hall–Kier alpha value is -1.26. The number of halogens is 1. The number of carbonyl (C=O) groups is 1.